The third-order valence-corrected chi connectivity index (χ3v) is 6.45. The van der Waals surface area contributed by atoms with Crippen LogP contribution in [-0.2, 0) is 11.3 Å². The van der Waals surface area contributed by atoms with Gasteiger partial charge in [-0.05, 0) is 42.5 Å². The summed E-state index contributed by atoms with van der Waals surface area (Å²) in [4.78, 5) is 25.1. The van der Waals surface area contributed by atoms with E-state index < -0.39 is 18.6 Å². The molecule has 2 amide bonds. The number of carbonyl (C=O) groups excluding carboxylic acids is 2. The second-order valence-corrected chi connectivity index (χ2v) is 8.90. The number of anilines is 1. The number of benzene rings is 2. The largest absolute Gasteiger partial charge is 0.497 e. The van der Waals surface area contributed by atoms with Crippen LogP contribution in [0, 0.1) is 0 Å². The predicted octanol–water partition coefficient (Wildman–Crippen LogP) is 3.97. The molecule has 3 N–H and O–H groups in total. The Morgan fingerprint density at radius 2 is 1.94 bits per heavy atom. The topological polar surface area (TPSA) is 118 Å². The molecule has 0 aliphatic rings. The predicted molar refractivity (Wildman–Crippen MR) is 136 cm³/mol. The summed E-state index contributed by atoms with van der Waals surface area (Å²) < 4.78 is 6.78. The Balaban J connectivity index is 1.69. The van der Waals surface area contributed by atoms with E-state index in [4.69, 9.17) is 27.9 Å². The summed E-state index contributed by atoms with van der Waals surface area (Å²) in [6.45, 7) is 3.65. The van der Waals surface area contributed by atoms with Gasteiger partial charge in [0.05, 0.1) is 29.5 Å². The number of carbonyl (C=O) groups is 2. The van der Waals surface area contributed by atoms with Crippen molar-refractivity contribution in [3.8, 4) is 5.75 Å². The fraction of sp³-hybridized carbons (Fsp3) is 0.217. The van der Waals surface area contributed by atoms with Crippen molar-refractivity contribution in [1.29, 1.82) is 0 Å². The fourth-order valence-corrected chi connectivity index (χ4v) is 4.10. The van der Waals surface area contributed by atoms with Gasteiger partial charge in [0.1, 0.15) is 11.8 Å². The maximum atomic E-state index is 12.7. The summed E-state index contributed by atoms with van der Waals surface area (Å²) in [5, 5.41) is 24.9. The molecule has 0 bridgehead atoms. The standard InChI is InChI=1S/C23H23Cl2N5O4S/c1-3-10-30-21(19(12-31)27-22(33)14-4-7-16(34-2)8-5-14)28-29-23(30)35-13-20(32)26-15-6-9-17(24)18(25)11-15/h3-9,11,19,31H,1,10,12-13H2,2H3,(H,26,32)(H,27,33). The van der Waals surface area contributed by atoms with Crippen LogP contribution < -0.4 is 15.4 Å². The summed E-state index contributed by atoms with van der Waals surface area (Å²) in [5.74, 6) is 0.319. The van der Waals surface area contributed by atoms with Crippen molar-refractivity contribution in [2.45, 2.75) is 17.7 Å². The van der Waals surface area contributed by atoms with Crippen molar-refractivity contribution in [2.24, 2.45) is 0 Å². The number of thioether (sulfide) groups is 1. The highest BCUT2D eigenvalue weighted by atomic mass is 35.5. The molecule has 0 fully saturated rings. The quantitative estimate of drug-likeness (QED) is 0.251. The average molecular weight is 536 g/mol. The zero-order valence-electron chi connectivity index (χ0n) is 18.7. The molecule has 3 rings (SSSR count). The maximum absolute atomic E-state index is 12.7. The Hall–Kier alpha value is -3.05. The van der Waals surface area contributed by atoms with E-state index in [9.17, 15) is 14.7 Å². The molecular weight excluding hydrogens is 513 g/mol. The van der Waals surface area contributed by atoms with Crippen LogP contribution in [0.4, 0.5) is 5.69 Å². The van der Waals surface area contributed by atoms with Gasteiger partial charge in [-0.15, -0.1) is 16.8 Å². The van der Waals surface area contributed by atoms with Crippen molar-refractivity contribution >= 4 is 52.5 Å². The number of rotatable bonds is 11. The summed E-state index contributed by atoms with van der Waals surface area (Å²) in [6, 6.07) is 10.5. The Labute approximate surface area is 216 Å². The normalized spacial score (nSPS) is 11.5. The first-order chi connectivity index (χ1) is 16.9. The minimum atomic E-state index is -0.823. The molecule has 0 spiro atoms. The third-order valence-electron chi connectivity index (χ3n) is 4.74. The first-order valence-corrected chi connectivity index (χ1v) is 12.1. The van der Waals surface area contributed by atoms with Crippen LogP contribution in [0.1, 0.15) is 22.2 Å². The SMILES string of the molecule is C=CCn1c(SCC(=O)Nc2ccc(Cl)c(Cl)c2)nnc1C(CO)NC(=O)c1ccc(OC)cc1. The zero-order chi connectivity index (χ0) is 25.4. The number of methoxy groups -OCH3 is 1. The number of nitrogens with one attached hydrogen (secondary N) is 2. The fourth-order valence-electron chi connectivity index (χ4n) is 3.04. The molecule has 1 unspecified atom stereocenters. The Kier molecular flexibility index (Phi) is 9.55. The number of halogens is 2. The van der Waals surface area contributed by atoms with Crippen LogP contribution in [0.2, 0.25) is 10.0 Å². The lowest BCUT2D eigenvalue weighted by atomic mass is 10.2. The van der Waals surface area contributed by atoms with Crippen LogP contribution in [0.3, 0.4) is 0 Å². The lowest BCUT2D eigenvalue weighted by Crippen LogP contribution is -2.33. The van der Waals surface area contributed by atoms with Gasteiger partial charge in [0.2, 0.25) is 5.91 Å². The number of nitrogens with zero attached hydrogens (tertiary/aromatic N) is 3. The Bertz CT molecular complexity index is 1200. The van der Waals surface area contributed by atoms with Gasteiger partial charge < -0.3 is 25.0 Å². The smallest absolute Gasteiger partial charge is 0.251 e. The maximum Gasteiger partial charge on any atom is 0.251 e. The Morgan fingerprint density at radius 1 is 1.20 bits per heavy atom. The molecule has 2 aromatic carbocycles. The monoisotopic (exact) mass is 535 g/mol. The van der Waals surface area contributed by atoms with Crippen LogP contribution in [-0.4, -0.2) is 51.2 Å². The van der Waals surface area contributed by atoms with E-state index in [0.29, 0.717) is 44.6 Å². The lowest BCUT2D eigenvalue weighted by Gasteiger charge is -2.17. The highest BCUT2D eigenvalue weighted by Crippen LogP contribution is 2.26. The molecule has 0 saturated carbocycles. The number of aliphatic hydroxyl groups excluding tert-OH is 1. The van der Waals surface area contributed by atoms with Gasteiger partial charge in [0.15, 0.2) is 11.0 Å². The molecule has 35 heavy (non-hydrogen) atoms. The van der Waals surface area contributed by atoms with E-state index >= 15 is 0 Å². The van der Waals surface area contributed by atoms with Gasteiger partial charge in [0, 0.05) is 17.8 Å². The van der Waals surface area contributed by atoms with Gasteiger partial charge in [0.25, 0.3) is 5.91 Å². The van der Waals surface area contributed by atoms with E-state index in [1.54, 1.807) is 53.1 Å². The van der Waals surface area contributed by atoms with Gasteiger partial charge in [-0.2, -0.15) is 0 Å². The van der Waals surface area contributed by atoms with Crippen LogP contribution in [0.5, 0.6) is 5.75 Å². The number of ether oxygens (including phenoxy) is 1. The molecule has 12 heteroatoms. The van der Waals surface area contributed by atoms with Crippen LogP contribution in [0.25, 0.3) is 0 Å². The van der Waals surface area contributed by atoms with Crippen LogP contribution in [0.15, 0.2) is 60.3 Å². The van der Waals surface area contributed by atoms with E-state index in [0.717, 1.165) is 11.8 Å². The molecule has 1 heterocycles. The van der Waals surface area contributed by atoms with Gasteiger partial charge in [-0.25, -0.2) is 0 Å². The van der Waals surface area contributed by atoms with E-state index in [1.165, 1.54) is 7.11 Å². The molecule has 9 nitrogen and oxygen atoms in total. The zero-order valence-corrected chi connectivity index (χ0v) is 21.0. The second kappa shape index (κ2) is 12.6. The molecule has 0 saturated heterocycles. The summed E-state index contributed by atoms with van der Waals surface area (Å²) in [7, 11) is 1.54. The first-order valence-electron chi connectivity index (χ1n) is 10.3. The number of hydrogen-bond donors (Lipinski definition) is 3. The van der Waals surface area contributed by atoms with Crippen molar-refractivity contribution in [2.75, 3.05) is 24.8 Å². The minimum Gasteiger partial charge on any atom is -0.497 e. The molecule has 184 valence electrons. The number of aromatic nitrogens is 3. The molecule has 0 aliphatic carbocycles. The van der Waals surface area contributed by atoms with E-state index in [1.807, 2.05) is 0 Å². The van der Waals surface area contributed by atoms with Gasteiger partial charge in [-0.1, -0.05) is 41.0 Å². The van der Waals surface area contributed by atoms with Crippen LogP contribution >= 0.6 is 35.0 Å². The number of allylic oxidation sites excluding steroid dienone is 1. The molecular formula is C23H23Cl2N5O4S. The number of amides is 2. The van der Waals surface area contributed by atoms with Crippen molar-refractivity contribution in [3.63, 3.8) is 0 Å². The molecule has 0 aliphatic heterocycles. The summed E-state index contributed by atoms with van der Waals surface area (Å²) in [6.07, 6.45) is 1.63. The average Bonchev–Trinajstić information content (AvgIpc) is 3.26. The van der Waals surface area contributed by atoms with Crippen molar-refractivity contribution < 1.29 is 19.4 Å². The van der Waals surface area contributed by atoms with Gasteiger partial charge in [-0.3, -0.25) is 9.59 Å². The molecule has 0 radical (unpaired) electrons. The highest BCUT2D eigenvalue weighted by molar-refractivity contribution is 7.99. The van der Waals surface area contributed by atoms with Crippen molar-refractivity contribution in [3.05, 3.63) is 76.6 Å². The lowest BCUT2D eigenvalue weighted by molar-refractivity contribution is -0.113. The summed E-state index contributed by atoms with van der Waals surface area (Å²) in [5.41, 5.74) is 0.910. The molecule has 1 aromatic heterocycles. The molecule has 1 atom stereocenters. The minimum absolute atomic E-state index is 0.0392. The Morgan fingerprint density at radius 3 is 2.57 bits per heavy atom. The highest BCUT2D eigenvalue weighted by Gasteiger charge is 2.23. The summed E-state index contributed by atoms with van der Waals surface area (Å²) >= 11 is 13.0. The number of aliphatic hydroxyl groups is 1. The van der Waals surface area contributed by atoms with E-state index in [-0.39, 0.29) is 11.7 Å². The first kappa shape index (κ1) is 26.6. The van der Waals surface area contributed by atoms with E-state index in [2.05, 4.69) is 27.4 Å². The van der Waals surface area contributed by atoms with Crippen molar-refractivity contribution in [1.82, 2.24) is 20.1 Å². The molecule has 3 aromatic rings. The number of hydrogen-bond acceptors (Lipinski definition) is 7. The third kappa shape index (κ3) is 6.98. The van der Waals surface area contributed by atoms with Gasteiger partial charge >= 0.3 is 0 Å². The second-order valence-electron chi connectivity index (χ2n) is 7.14.